The maximum absolute atomic E-state index is 4.41. The molecule has 1 aliphatic carbocycles. The largest absolute Gasteiger partial charge is 0.355 e. The first-order valence-corrected chi connectivity index (χ1v) is 9.84. The van der Waals surface area contributed by atoms with Gasteiger partial charge >= 0.3 is 0 Å². The number of hydrogen-bond acceptors (Lipinski definition) is 3. The summed E-state index contributed by atoms with van der Waals surface area (Å²) >= 11 is 2.09. The van der Waals surface area contributed by atoms with Gasteiger partial charge in [0.2, 0.25) is 0 Å². The van der Waals surface area contributed by atoms with Crippen molar-refractivity contribution in [3.8, 4) is 0 Å². The fraction of sp³-hybridized carbons (Fsp3) is 0.941. The van der Waals surface area contributed by atoms with E-state index in [0.717, 1.165) is 30.2 Å². The molecule has 2 N–H and O–H groups in total. The zero-order valence-electron chi connectivity index (χ0n) is 14.8. The fourth-order valence-electron chi connectivity index (χ4n) is 3.84. The number of hydrogen-bond donors (Lipinski definition) is 2. The number of rotatable bonds is 5. The molecule has 1 heterocycles. The molecule has 2 rings (SSSR count). The Labute approximate surface area is 140 Å². The second-order valence-electron chi connectivity index (χ2n) is 7.26. The Balaban J connectivity index is 1.84. The quantitative estimate of drug-likeness (QED) is 0.602. The fourth-order valence-corrected chi connectivity index (χ4v) is 5.04. The highest BCUT2D eigenvalue weighted by atomic mass is 32.2. The van der Waals surface area contributed by atoms with E-state index in [9.17, 15) is 0 Å². The monoisotopic (exact) mass is 326 g/mol. The summed E-state index contributed by atoms with van der Waals surface area (Å²) in [6.45, 7) is 4.42. The van der Waals surface area contributed by atoms with Crippen LogP contribution in [0.25, 0.3) is 0 Å². The van der Waals surface area contributed by atoms with Gasteiger partial charge < -0.3 is 15.5 Å². The summed E-state index contributed by atoms with van der Waals surface area (Å²) in [5.74, 6) is 3.11. The van der Waals surface area contributed by atoms with E-state index in [1.165, 1.54) is 44.3 Å². The van der Waals surface area contributed by atoms with Gasteiger partial charge in [0.05, 0.1) is 0 Å². The lowest BCUT2D eigenvalue weighted by molar-refractivity contribution is 0.0796. The number of guanidine groups is 1. The van der Waals surface area contributed by atoms with Gasteiger partial charge in [-0.3, -0.25) is 4.99 Å². The van der Waals surface area contributed by atoms with Gasteiger partial charge in [0.15, 0.2) is 5.96 Å². The molecule has 1 aliphatic heterocycles. The van der Waals surface area contributed by atoms with E-state index in [1.807, 2.05) is 7.05 Å². The van der Waals surface area contributed by atoms with Gasteiger partial charge in [-0.1, -0.05) is 19.8 Å². The van der Waals surface area contributed by atoms with Gasteiger partial charge in [0.25, 0.3) is 0 Å². The van der Waals surface area contributed by atoms with Crippen molar-refractivity contribution in [2.75, 3.05) is 40.0 Å². The summed E-state index contributed by atoms with van der Waals surface area (Å²) in [6, 6.07) is 0. The smallest absolute Gasteiger partial charge is 0.191 e. The third-order valence-corrected chi connectivity index (χ3v) is 6.74. The molecular weight excluding hydrogens is 292 g/mol. The first-order chi connectivity index (χ1) is 10.6. The molecular formula is C17H34N4S. The molecule has 5 heteroatoms. The van der Waals surface area contributed by atoms with E-state index in [2.05, 4.69) is 53.3 Å². The number of aliphatic imine (C=N–C) groups is 1. The van der Waals surface area contributed by atoms with Gasteiger partial charge in [-0.15, -0.1) is 0 Å². The molecule has 1 saturated carbocycles. The lowest BCUT2D eigenvalue weighted by Gasteiger charge is -2.45. The molecule has 2 fully saturated rings. The van der Waals surface area contributed by atoms with Crippen LogP contribution in [0.3, 0.4) is 0 Å². The SMILES string of the molecule is CN=C(NCC1CCCS1)NCC1(N(C)C)CCCC(C)C1. The van der Waals surface area contributed by atoms with Crippen LogP contribution in [0.1, 0.15) is 45.4 Å². The summed E-state index contributed by atoms with van der Waals surface area (Å²) in [5.41, 5.74) is 0.275. The Morgan fingerprint density at radius 2 is 2.09 bits per heavy atom. The average Bonchev–Trinajstić information content (AvgIpc) is 3.00. The topological polar surface area (TPSA) is 39.7 Å². The number of likely N-dealkylation sites (N-methyl/N-ethyl adjacent to an activating group) is 1. The lowest BCUT2D eigenvalue weighted by atomic mass is 9.75. The second-order valence-corrected chi connectivity index (χ2v) is 8.67. The molecule has 22 heavy (non-hydrogen) atoms. The van der Waals surface area contributed by atoms with Gasteiger partial charge in [-0.05, 0) is 51.4 Å². The highest BCUT2D eigenvalue weighted by molar-refractivity contribution is 8.00. The van der Waals surface area contributed by atoms with E-state index in [1.54, 1.807) is 0 Å². The molecule has 1 saturated heterocycles. The predicted octanol–water partition coefficient (Wildman–Crippen LogP) is 2.56. The van der Waals surface area contributed by atoms with Crippen molar-refractivity contribution in [1.29, 1.82) is 0 Å². The van der Waals surface area contributed by atoms with Crippen LogP contribution in [0.4, 0.5) is 0 Å². The Hall–Kier alpha value is -0.420. The summed E-state index contributed by atoms with van der Waals surface area (Å²) in [7, 11) is 6.33. The van der Waals surface area contributed by atoms with Crippen LogP contribution in [0.5, 0.6) is 0 Å². The standard InChI is InChI=1S/C17H34N4S/c1-14-7-5-9-17(11-14,21(3)4)13-20-16(18-2)19-12-15-8-6-10-22-15/h14-15H,5-13H2,1-4H3,(H2,18,19,20). The molecule has 0 bridgehead atoms. The van der Waals surface area contributed by atoms with Gasteiger partial charge in [0, 0.05) is 30.9 Å². The summed E-state index contributed by atoms with van der Waals surface area (Å²) in [5, 5.41) is 7.87. The van der Waals surface area contributed by atoms with E-state index < -0.39 is 0 Å². The van der Waals surface area contributed by atoms with Crippen LogP contribution in [0.15, 0.2) is 4.99 Å². The second kappa shape index (κ2) is 8.44. The molecule has 0 spiro atoms. The number of nitrogens with zero attached hydrogens (tertiary/aromatic N) is 2. The molecule has 2 aliphatic rings. The zero-order chi connectivity index (χ0) is 16.0. The maximum atomic E-state index is 4.41. The number of nitrogens with one attached hydrogen (secondary N) is 2. The highest BCUT2D eigenvalue weighted by Gasteiger charge is 2.36. The molecule has 0 aromatic heterocycles. The van der Waals surface area contributed by atoms with Crippen molar-refractivity contribution in [1.82, 2.24) is 15.5 Å². The highest BCUT2D eigenvalue weighted by Crippen LogP contribution is 2.35. The molecule has 0 radical (unpaired) electrons. The molecule has 4 nitrogen and oxygen atoms in total. The normalized spacial score (nSPS) is 33.2. The molecule has 0 aromatic carbocycles. The van der Waals surface area contributed by atoms with Crippen LogP contribution >= 0.6 is 11.8 Å². The van der Waals surface area contributed by atoms with Gasteiger partial charge in [0.1, 0.15) is 0 Å². The third-order valence-electron chi connectivity index (χ3n) is 5.35. The van der Waals surface area contributed by atoms with E-state index in [-0.39, 0.29) is 5.54 Å². The van der Waals surface area contributed by atoms with Crippen molar-refractivity contribution in [3.05, 3.63) is 0 Å². The molecule has 3 unspecified atom stereocenters. The van der Waals surface area contributed by atoms with Crippen molar-refractivity contribution < 1.29 is 0 Å². The van der Waals surface area contributed by atoms with Crippen LogP contribution in [0.2, 0.25) is 0 Å². The summed E-state index contributed by atoms with van der Waals surface area (Å²) in [4.78, 5) is 6.84. The lowest BCUT2D eigenvalue weighted by Crippen LogP contribution is -2.56. The third kappa shape index (κ3) is 4.79. The van der Waals surface area contributed by atoms with Crippen LogP contribution in [-0.2, 0) is 0 Å². The Morgan fingerprint density at radius 3 is 2.68 bits per heavy atom. The first kappa shape index (κ1) is 17.9. The maximum Gasteiger partial charge on any atom is 0.191 e. The van der Waals surface area contributed by atoms with Crippen molar-refractivity contribution in [3.63, 3.8) is 0 Å². The number of thioether (sulfide) groups is 1. The average molecular weight is 327 g/mol. The molecule has 128 valence electrons. The zero-order valence-corrected chi connectivity index (χ0v) is 15.6. The van der Waals surface area contributed by atoms with Crippen molar-refractivity contribution >= 4 is 17.7 Å². The van der Waals surface area contributed by atoms with E-state index in [4.69, 9.17) is 0 Å². The molecule has 0 amide bonds. The summed E-state index contributed by atoms with van der Waals surface area (Å²) < 4.78 is 0. The molecule has 0 aromatic rings. The van der Waals surface area contributed by atoms with Gasteiger partial charge in [-0.25, -0.2) is 0 Å². The minimum Gasteiger partial charge on any atom is -0.355 e. The Morgan fingerprint density at radius 1 is 1.27 bits per heavy atom. The Bertz CT molecular complexity index is 366. The first-order valence-electron chi connectivity index (χ1n) is 8.79. The summed E-state index contributed by atoms with van der Waals surface area (Å²) in [6.07, 6.45) is 7.99. The van der Waals surface area contributed by atoms with Crippen LogP contribution in [0, 0.1) is 5.92 Å². The van der Waals surface area contributed by atoms with Crippen LogP contribution < -0.4 is 10.6 Å². The van der Waals surface area contributed by atoms with Crippen LogP contribution in [-0.4, -0.2) is 61.6 Å². The van der Waals surface area contributed by atoms with Crippen molar-refractivity contribution in [2.45, 2.75) is 56.2 Å². The van der Waals surface area contributed by atoms with Gasteiger partial charge in [-0.2, -0.15) is 11.8 Å². The van der Waals surface area contributed by atoms with Crippen molar-refractivity contribution in [2.24, 2.45) is 10.9 Å². The van der Waals surface area contributed by atoms with E-state index in [0.29, 0.717) is 0 Å². The molecule has 3 atom stereocenters. The Kier molecular flexibility index (Phi) is 6.87. The minimum absolute atomic E-state index is 0.275. The predicted molar refractivity (Wildman–Crippen MR) is 98.9 cm³/mol. The van der Waals surface area contributed by atoms with E-state index >= 15 is 0 Å². The minimum atomic E-state index is 0.275.